The third-order valence-corrected chi connectivity index (χ3v) is 12.6. The van der Waals surface area contributed by atoms with Gasteiger partial charge in [0.25, 0.3) is 0 Å². The second-order valence-corrected chi connectivity index (χ2v) is 19.2. The van der Waals surface area contributed by atoms with Crippen LogP contribution in [0.1, 0.15) is 297 Å². The molecule has 0 aromatic rings. The molecule has 0 saturated carbocycles. The minimum atomic E-state index is -0.778. The third-order valence-electron chi connectivity index (χ3n) is 12.6. The molecule has 6 nitrogen and oxygen atoms in total. The molecule has 6 heteroatoms. The molecule has 0 radical (unpaired) electrons. The van der Waals surface area contributed by atoms with Crippen molar-refractivity contribution in [3.63, 3.8) is 0 Å². The molecule has 0 aliphatic carbocycles. The highest BCUT2D eigenvalue weighted by Crippen LogP contribution is 2.16. The predicted octanol–water partition coefficient (Wildman–Crippen LogP) is 19.0. The number of rotatable bonds is 52. The van der Waals surface area contributed by atoms with Gasteiger partial charge in [-0.05, 0) is 77.0 Å². The normalized spacial score (nSPS) is 12.3. The van der Waals surface area contributed by atoms with Crippen molar-refractivity contribution in [2.24, 2.45) is 0 Å². The van der Waals surface area contributed by atoms with Gasteiger partial charge in [0.2, 0.25) is 0 Å². The Labute approximate surface area is 409 Å². The topological polar surface area (TPSA) is 78.9 Å². The van der Waals surface area contributed by atoms with E-state index < -0.39 is 6.10 Å². The molecule has 0 unspecified atom stereocenters. The molecule has 0 rings (SSSR count). The van der Waals surface area contributed by atoms with Crippen LogP contribution in [0.2, 0.25) is 0 Å². The maximum absolute atomic E-state index is 12.8. The molecule has 0 bridgehead atoms. The first-order valence-electron chi connectivity index (χ1n) is 28.6. The molecule has 0 fully saturated rings. The first-order valence-corrected chi connectivity index (χ1v) is 28.6. The van der Waals surface area contributed by atoms with E-state index in [9.17, 15) is 14.4 Å². The number of carbonyl (C=O) groups is 3. The SMILES string of the molecule is CCCC/C=C/C/C=C/CCCCCCCC(=O)OC[C@H](COC(=O)CCCCCCCCCCC/C=C/C/C=C/CCCCC)OC(=O)CCCCCCCCCCCCCCCCC. The largest absolute Gasteiger partial charge is 0.462 e. The second kappa shape index (κ2) is 55.0. The number of esters is 3. The minimum Gasteiger partial charge on any atom is -0.462 e. The maximum atomic E-state index is 12.8. The van der Waals surface area contributed by atoms with Crippen LogP contribution < -0.4 is 0 Å². The van der Waals surface area contributed by atoms with Gasteiger partial charge in [-0.1, -0.05) is 249 Å². The summed E-state index contributed by atoms with van der Waals surface area (Å²) in [5, 5.41) is 0. The molecule has 1 atom stereocenters. The molecule has 0 aliphatic heterocycles. The summed E-state index contributed by atoms with van der Waals surface area (Å²) in [6, 6.07) is 0. The lowest BCUT2D eigenvalue weighted by atomic mass is 10.0. The lowest BCUT2D eigenvalue weighted by Gasteiger charge is -2.18. The number of carbonyl (C=O) groups excluding carboxylic acids is 3. The van der Waals surface area contributed by atoms with Crippen LogP contribution in [0.4, 0.5) is 0 Å². The second-order valence-electron chi connectivity index (χ2n) is 19.2. The zero-order valence-corrected chi connectivity index (χ0v) is 44.0. The van der Waals surface area contributed by atoms with E-state index in [2.05, 4.69) is 69.4 Å². The third kappa shape index (κ3) is 52.3. The van der Waals surface area contributed by atoms with Crippen LogP contribution >= 0.6 is 0 Å². The molecule has 0 heterocycles. The van der Waals surface area contributed by atoms with Gasteiger partial charge >= 0.3 is 17.9 Å². The summed E-state index contributed by atoms with van der Waals surface area (Å²) in [7, 11) is 0. The van der Waals surface area contributed by atoms with E-state index in [0.717, 1.165) is 83.5 Å². The van der Waals surface area contributed by atoms with Gasteiger partial charge in [-0.25, -0.2) is 0 Å². The van der Waals surface area contributed by atoms with Crippen molar-refractivity contribution < 1.29 is 28.6 Å². The van der Waals surface area contributed by atoms with Crippen LogP contribution in [0.5, 0.6) is 0 Å². The minimum absolute atomic E-state index is 0.0771. The highest BCUT2D eigenvalue weighted by atomic mass is 16.6. The number of hydrogen-bond donors (Lipinski definition) is 0. The van der Waals surface area contributed by atoms with Gasteiger partial charge in [-0.15, -0.1) is 0 Å². The summed E-state index contributed by atoms with van der Waals surface area (Å²) in [4.78, 5) is 38.1. The van der Waals surface area contributed by atoms with Crippen LogP contribution in [0, 0.1) is 0 Å². The number of ether oxygens (including phenoxy) is 3. The Hall–Kier alpha value is -2.63. The van der Waals surface area contributed by atoms with Gasteiger partial charge in [0, 0.05) is 19.3 Å². The molecule has 66 heavy (non-hydrogen) atoms. The quantitative estimate of drug-likeness (QED) is 0.0262. The van der Waals surface area contributed by atoms with Gasteiger partial charge in [0.05, 0.1) is 0 Å². The lowest BCUT2D eigenvalue weighted by molar-refractivity contribution is -0.167. The Bertz CT molecular complexity index is 1150. The zero-order chi connectivity index (χ0) is 47.9. The van der Waals surface area contributed by atoms with Crippen LogP contribution in [0.15, 0.2) is 48.6 Å². The molecular weight excluding hydrogens is 817 g/mol. The van der Waals surface area contributed by atoms with Crippen molar-refractivity contribution in [3.8, 4) is 0 Å². The van der Waals surface area contributed by atoms with E-state index in [1.807, 2.05) is 0 Å². The van der Waals surface area contributed by atoms with E-state index in [0.29, 0.717) is 19.3 Å². The maximum Gasteiger partial charge on any atom is 0.306 e. The summed E-state index contributed by atoms with van der Waals surface area (Å²) < 4.78 is 16.9. The molecular formula is C60H108O6. The molecule has 0 spiro atoms. The van der Waals surface area contributed by atoms with Crippen molar-refractivity contribution >= 4 is 17.9 Å². The van der Waals surface area contributed by atoms with Crippen LogP contribution in [0.3, 0.4) is 0 Å². The van der Waals surface area contributed by atoms with Crippen molar-refractivity contribution in [1.29, 1.82) is 0 Å². The van der Waals surface area contributed by atoms with Gasteiger partial charge in [0.15, 0.2) is 6.10 Å². The van der Waals surface area contributed by atoms with Crippen LogP contribution in [0.25, 0.3) is 0 Å². The standard InChI is InChI=1S/C60H108O6/c1-4-7-10-13-16-19-22-25-28-29-30-31-33-35-38-41-44-47-50-53-59(62)65-56-57(55-64-58(61)52-49-46-43-40-37-34-27-24-21-18-15-12-9-6-3)66-60(63)54-51-48-45-42-39-36-32-26-23-20-17-14-11-8-5-2/h15-16,18-19,24-25,27-28,57H,4-14,17,20-23,26,29-56H2,1-3H3/b18-15+,19-16+,27-24+,28-25+/t57-/m1/s1. The molecule has 0 aromatic heterocycles. The van der Waals surface area contributed by atoms with Crippen LogP contribution in [-0.2, 0) is 28.6 Å². The molecule has 0 amide bonds. The fraction of sp³-hybridized carbons (Fsp3) is 0.817. The summed E-state index contributed by atoms with van der Waals surface area (Å²) in [6.07, 6.45) is 66.6. The summed E-state index contributed by atoms with van der Waals surface area (Å²) >= 11 is 0. The predicted molar refractivity (Wildman–Crippen MR) is 284 cm³/mol. The fourth-order valence-electron chi connectivity index (χ4n) is 8.20. The monoisotopic (exact) mass is 925 g/mol. The Balaban J connectivity index is 4.35. The Morgan fingerprint density at radius 2 is 0.561 bits per heavy atom. The molecule has 0 aliphatic rings. The summed E-state index contributed by atoms with van der Waals surface area (Å²) in [5.41, 5.74) is 0. The van der Waals surface area contributed by atoms with Crippen molar-refractivity contribution in [3.05, 3.63) is 48.6 Å². The van der Waals surface area contributed by atoms with Gasteiger partial charge in [-0.3, -0.25) is 14.4 Å². The zero-order valence-electron chi connectivity index (χ0n) is 44.0. The van der Waals surface area contributed by atoms with Crippen molar-refractivity contribution in [1.82, 2.24) is 0 Å². The first-order chi connectivity index (χ1) is 32.5. The Morgan fingerprint density at radius 3 is 0.909 bits per heavy atom. The molecule has 0 saturated heterocycles. The lowest BCUT2D eigenvalue weighted by Crippen LogP contribution is -2.30. The van der Waals surface area contributed by atoms with Gasteiger partial charge in [0.1, 0.15) is 13.2 Å². The van der Waals surface area contributed by atoms with E-state index in [1.54, 1.807) is 0 Å². The highest BCUT2D eigenvalue weighted by Gasteiger charge is 2.19. The molecule has 0 aromatic carbocycles. The summed E-state index contributed by atoms with van der Waals surface area (Å²) in [6.45, 7) is 6.59. The van der Waals surface area contributed by atoms with E-state index in [-0.39, 0.29) is 31.1 Å². The van der Waals surface area contributed by atoms with Gasteiger partial charge in [-0.2, -0.15) is 0 Å². The van der Waals surface area contributed by atoms with Crippen LogP contribution in [-0.4, -0.2) is 37.2 Å². The van der Waals surface area contributed by atoms with E-state index in [1.165, 1.54) is 173 Å². The fourth-order valence-corrected chi connectivity index (χ4v) is 8.20. The van der Waals surface area contributed by atoms with E-state index >= 15 is 0 Å². The smallest absolute Gasteiger partial charge is 0.306 e. The van der Waals surface area contributed by atoms with Crippen molar-refractivity contribution in [2.75, 3.05) is 13.2 Å². The number of unbranched alkanes of at least 4 members (excludes halogenated alkanes) is 33. The van der Waals surface area contributed by atoms with Crippen molar-refractivity contribution in [2.45, 2.75) is 303 Å². The number of hydrogen-bond acceptors (Lipinski definition) is 6. The van der Waals surface area contributed by atoms with E-state index in [4.69, 9.17) is 14.2 Å². The number of allylic oxidation sites excluding steroid dienone is 8. The van der Waals surface area contributed by atoms with Gasteiger partial charge < -0.3 is 14.2 Å². The Morgan fingerprint density at radius 1 is 0.303 bits per heavy atom. The highest BCUT2D eigenvalue weighted by molar-refractivity contribution is 5.71. The first kappa shape index (κ1) is 63.4. The Kier molecular flexibility index (Phi) is 52.8. The summed E-state index contributed by atoms with van der Waals surface area (Å²) in [5.74, 6) is -0.881. The average Bonchev–Trinajstić information content (AvgIpc) is 3.31. The molecule has 0 N–H and O–H groups in total. The molecule has 384 valence electrons. The average molecular weight is 926 g/mol.